The summed E-state index contributed by atoms with van der Waals surface area (Å²) in [7, 11) is 0. The average molecular weight is 219 g/mol. The van der Waals surface area contributed by atoms with Gasteiger partial charge in [0.1, 0.15) is 5.82 Å². The molecule has 0 saturated heterocycles. The second-order valence-corrected chi connectivity index (χ2v) is 4.44. The molecular formula is C11H13N3S. The summed E-state index contributed by atoms with van der Waals surface area (Å²) in [5.41, 5.74) is 7.96. The summed E-state index contributed by atoms with van der Waals surface area (Å²) >= 11 is 1.69. The smallest absolute Gasteiger partial charge is 0.145 e. The molecule has 0 radical (unpaired) electrons. The molecule has 0 spiro atoms. The first-order chi connectivity index (χ1) is 7.18. The maximum Gasteiger partial charge on any atom is 0.145 e. The van der Waals surface area contributed by atoms with Crippen LogP contribution in [0.15, 0.2) is 23.7 Å². The van der Waals surface area contributed by atoms with Gasteiger partial charge < -0.3 is 5.73 Å². The predicted molar refractivity (Wildman–Crippen MR) is 62.7 cm³/mol. The van der Waals surface area contributed by atoms with E-state index in [0.29, 0.717) is 5.82 Å². The van der Waals surface area contributed by atoms with Crippen LogP contribution < -0.4 is 5.73 Å². The quantitative estimate of drug-likeness (QED) is 0.844. The zero-order chi connectivity index (χ0) is 10.8. The Bertz CT molecular complexity index is 462. The van der Waals surface area contributed by atoms with Gasteiger partial charge in [0.05, 0.1) is 16.6 Å². The van der Waals surface area contributed by atoms with Gasteiger partial charge in [-0.3, -0.25) is 0 Å². The SMILES string of the molecule is Cc1ccsc1-c1ccnc(C(C)N)n1. The van der Waals surface area contributed by atoms with E-state index in [0.717, 1.165) is 5.69 Å². The molecule has 2 aromatic heterocycles. The Hall–Kier alpha value is -1.26. The number of nitrogens with two attached hydrogens (primary N) is 1. The molecule has 78 valence electrons. The summed E-state index contributed by atoms with van der Waals surface area (Å²) in [5.74, 6) is 0.695. The summed E-state index contributed by atoms with van der Waals surface area (Å²) in [5, 5.41) is 2.07. The monoisotopic (exact) mass is 219 g/mol. The lowest BCUT2D eigenvalue weighted by Gasteiger charge is -2.05. The van der Waals surface area contributed by atoms with Crippen molar-refractivity contribution in [3.63, 3.8) is 0 Å². The normalized spacial score (nSPS) is 12.7. The lowest BCUT2D eigenvalue weighted by molar-refractivity contribution is 0.741. The van der Waals surface area contributed by atoms with Crippen molar-refractivity contribution in [2.24, 2.45) is 5.73 Å². The molecule has 2 rings (SSSR count). The molecule has 0 aliphatic carbocycles. The van der Waals surface area contributed by atoms with Crippen LogP contribution >= 0.6 is 11.3 Å². The van der Waals surface area contributed by atoms with Crippen molar-refractivity contribution in [2.45, 2.75) is 19.9 Å². The largest absolute Gasteiger partial charge is 0.322 e. The number of thiophene rings is 1. The van der Waals surface area contributed by atoms with E-state index in [1.807, 2.05) is 13.0 Å². The maximum absolute atomic E-state index is 5.75. The number of hydrogen-bond acceptors (Lipinski definition) is 4. The number of nitrogens with zero attached hydrogens (tertiary/aromatic N) is 2. The minimum Gasteiger partial charge on any atom is -0.322 e. The lowest BCUT2D eigenvalue weighted by atomic mass is 10.2. The van der Waals surface area contributed by atoms with Crippen LogP contribution in [0.4, 0.5) is 0 Å². The minimum absolute atomic E-state index is 0.120. The first-order valence-electron chi connectivity index (χ1n) is 4.81. The Balaban J connectivity index is 2.46. The molecule has 0 saturated carbocycles. The molecule has 2 N–H and O–H groups in total. The van der Waals surface area contributed by atoms with Gasteiger partial charge in [0, 0.05) is 6.20 Å². The maximum atomic E-state index is 5.75. The highest BCUT2D eigenvalue weighted by Gasteiger charge is 2.08. The molecule has 0 fully saturated rings. The van der Waals surface area contributed by atoms with E-state index in [4.69, 9.17) is 5.73 Å². The van der Waals surface area contributed by atoms with Crippen LogP contribution in [-0.2, 0) is 0 Å². The number of hydrogen-bond donors (Lipinski definition) is 1. The van der Waals surface area contributed by atoms with Gasteiger partial charge in [-0.2, -0.15) is 0 Å². The average Bonchev–Trinajstić information content (AvgIpc) is 2.64. The van der Waals surface area contributed by atoms with Crippen molar-refractivity contribution in [1.82, 2.24) is 9.97 Å². The number of rotatable bonds is 2. The molecule has 0 aromatic carbocycles. The molecule has 0 aliphatic heterocycles. The Morgan fingerprint density at radius 2 is 2.20 bits per heavy atom. The van der Waals surface area contributed by atoms with Crippen molar-refractivity contribution in [3.8, 4) is 10.6 Å². The zero-order valence-corrected chi connectivity index (χ0v) is 9.58. The van der Waals surface area contributed by atoms with E-state index in [9.17, 15) is 0 Å². The van der Waals surface area contributed by atoms with Gasteiger partial charge in [0.15, 0.2) is 0 Å². The van der Waals surface area contributed by atoms with Crippen LogP contribution in [-0.4, -0.2) is 9.97 Å². The van der Waals surface area contributed by atoms with Gasteiger partial charge in [0.2, 0.25) is 0 Å². The van der Waals surface area contributed by atoms with Gasteiger partial charge in [-0.25, -0.2) is 9.97 Å². The van der Waals surface area contributed by atoms with Crippen LogP contribution in [0, 0.1) is 6.92 Å². The Morgan fingerprint density at radius 1 is 1.40 bits per heavy atom. The molecule has 1 unspecified atom stereocenters. The summed E-state index contributed by atoms with van der Waals surface area (Å²) in [6.45, 7) is 3.97. The van der Waals surface area contributed by atoms with Crippen molar-refractivity contribution in [1.29, 1.82) is 0 Å². The van der Waals surface area contributed by atoms with E-state index in [2.05, 4.69) is 28.3 Å². The minimum atomic E-state index is -0.120. The van der Waals surface area contributed by atoms with Gasteiger partial charge in [-0.15, -0.1) is 11.3 Å². The van der Waals surface area contributed by atoms with Gasteiger partial charge in [-0.05, 0) is 36.9 Å². The summed E-state index contributed by atoms with van der Waals surface area (Å²) in [6.07, 6.45) is 1.76. The van der Waals surface area contributed by atoms with Gasteiger partial charge in [0.25, 0.3) is 0 Å². The molecule has 4 heteroatoms. The second kappa shape index (κ2) is 4.08. The molecular weight excluding hydrogens is 206 g/mol. The Labute approximate surface area is 93.0 Å². The van der Waals surface area contributed by atoms with Crippen molar-refractivity contribution in [3.05, 3.63) is 35.1 Å². The molecule has 15 heavy (non-hydrogen) atoms. The number of aryl methyl sites for hydroxylation is 1. The molecule has 0 bridgehead atoms. The predicted octanol–water partition coefficient (Wildman–Crippen LogP) is 2.53. The molecule has 1 atom stereocenters. The van der Waals surface area contributed by atoms with E-state index >= 15 is 0 Å². The third-order valence-electron chi connectivity index (χ3n) is 2.18. The van der Waals surface area contributed by atoms with E-state index in [-0.39, 0.29) is 6.04 Å². The van der Waals surface area contributed by atoms with E-state index < -0.39 is 0 Å². The molecule has 3 nitrogen and oxygen atoms in total. The third kappa shape index (κ3) is 2.06. The Kier molecular flexibility index (Phi) is 2.79. The summed E-state index contributed by atoms with van der Waals surface area (Å²) in [6, 6.07) is 3.89. The summed E-state index contributed by atoms with van der Waals surface area (Å²) < 4.78 is 0. The van der Waals surface area contributed by atoms with Crippen molar-refractivity contribution < 1.29 is 0 Å². The van der Waals surface area contributed by atoms with Gasteiger partial charge >= 0.3 is 0 Å². The van der Waals surface area contributed by atoms with Crippen LogP contribution in [0.25, 0.3) is 10.6 Å². The van der Waals surface area contributed by atoms with Gasteiger partial charge in [-0.1, -0.05) is 0 Å². The fourth-order valence-corrected chi connectivity index (χ4v) is 2.25. The standard InChI is InChI=1S/C11H13N3S/c1-7-4-6-15-10(7)9-3-5-13-11(14-9)8(2)12/h3-6,8H,12H2,1-2H3. The molecule has 0 amide bonds. The van der Waals surface area contributed by atoms with E-state index in [1.165, 1.54) is 10.4 Å². The lowest BCUT2D eigenvalue weighted by Crippen LogP contribution is -2.09. The number of aromatic nitrogens is 2. The topological polar surface area (TPSA) is 51.8 Å². The van der Waals surface area contributed by atoms with Crippen LogP contribution in [0.2, 0.25) is 0 Å². The molecule has 2 aromatic rings. The van der Waals surface area contributed by atoms with Crippen LogP contribution in [0.3, 0.4) is 0 Å². The van der Waals surface area contributed by atoms with Crippen molar-refractivity contribution in [2.75, 3.05) is 0 Å². The zero-order valence-electron chi connectivity index (χ0n) is 8.77. The third-order valence-corrected chi connectivity index (χ3v) is 3.22. The first-order valence-corrected chi connectivity index (χ1v) is 5.69. The molecule has 2 heterocycles. The fraction of sp³-hybridized carbons (Fsp3) is 0.273. The molecule has 0 aliphatic rings. The Morgan fingerprint density at radius 3 is 2.80 bits per heavy atom. The highest BCUT2D eigenvalue weighted by molar-refractivity contribution is 7.13. The highest BCUT2D eigenvalue weighted by atomic mass is 32.1. The van der Waals surface area contributed by atoms with Crippen molar-refractivity contribution >= 4 is 11.3 Å². The first kappa shape index (κ1) is 10.3. The van der Waals surface area contributed by atoms with Crippen LogP contribution in [0.1, 0.15) is 24.4 Å². The van der Waals surface area contributed by atoms with E-state index in [1.54, 1.807) is 17.5 Å². The highest BCUT2D eigenvalue weighted by Crippen LogP contribution is 2.27. The summed E-state index contributed by atoms with van der Waals surface area (Å²) in [4.78, 5) is 9.79. The second-order valence-electron chi connectivity index (χ2n) is 3.52. The fourth-order valence-electron chi connectivity index (χ4n) is 1.35. The van der Waals surface area contributed by atoms with Crippen LogP contribution in [0.5, 0.6) is 0 Å².